The molecule has 3 aromatic rings. The van der Waals surface area contributed by atoms with Gasteiger partial charge in [-0.15, -0.1) is 0 Å². The Morgan fingerprint density at radius 3 is 2.39 bits per heavy atom. The number of ether oxygens (including phenoxy) is 2. The molecule has 144 valence electrons. The third-order valence-electron chi connectivity index (χ3n) is 3.86. The van der Waals surface area contributed by atoms with Gasteiger partial charge in [0.25, 0.3) is 5.91 Å². The van der Waals surface area contributed by atoms with E-state index >= 15 is 0 Å². The van der Waals surface area contributed by atoms with Crippen molar-refractivity contribution in [2.75, 3.05) is 24.9 Å². The molecule has 3 rings (SSSR count). The summed E-state index contributed by atoms with van der Waals surface area (Å²) in [6, 6.07) is 11.2. The smallest absolute Gasteiger partial charge is 0.257 e. The first kappa shape index (κ1) is 19.1. The van der Waals surface area contributed by atoms with Gasteiger partial charge in [-0.3, -0.25) is 4.79 Å². The Labute approximate surface area is 160 Å². The third-order valence-corrected chi connectivity index (χ3v) is 3.86. The molecule has 2 aromatic carbocycles. The van der Waals surface area contributed by atoms with Crippen molar-refractivity contribution in [2.45, 2.75) is 0 Å². The third kappa shape index (κ3) is 4.35. The van der Waals surface area contributed by atoms with Gasteiger partial charge in [-0.1, -0.05) is 0 Å². The van der Waals surface area contributed by atoms with E-state index in [9.17, 15) is 13.6 Å². The number of amides is 1. The second kappa shape index (κ2) is 8.34. The van der Waals surface area contributed by atoms with E-state index in [0.29, 0.717) is 28.6 Å². The van der Waals surface area contributed by atoms with Crippen LogP contribution in [0.1, 0.15) is 10.4 Å². The van der Waals surface area contributed by atoms with E-state index in [2.05, 4.69) is 15.6 Å². The first-order chi connectivity index (χ1) is 13.5. The van der Waals surface area contributed by atoms with E-state index in [-0.39, 0.29) is 11.6 Å². The Hall–Kier alpha value is -3.68. The highest BCUT2D eigenvalue weighted by Crippen LogP contribution is 2.30. The number of pyridine rings is 1. The molecule has 0 aliphatic rings. The van der Waals surface area contributed by atoms with Gasteiger partial charge >= 0.3 is 0 Å². The Bertz CT molecular complexity index is 994. The second-order valence-corrected chi connectivity index (χ2v) is 5.71. The minimum Gasteiger partial charge on any atom is -0.493 e. The van der Waals surface area contributed by atoms with Crippen LogP contribution >= 0.6 is 0 Å². The standard InChI is InChI=1S/C20H17F2N3O3/c1-27-17-7-5-14(10-18(17)28-2)24-20(26)12-3-8-19(23-11-12)25-16-6-4-13(21)9-15(16)22/h3-11H,1-2H3,(H,23,25)(H,24,26). The molecular weight excluding hydrogens is 368 g/mol. The maximum Gasteiger partial charge on any atom is 0.257 e. The molecule has 0 bridgehead atoms. The monoisotopic (exact) mass is 385 g/mol. The fraction of sp³-hybridized carbons (Fsp3) is 0.100. The molecule has 0 aliphatic heterocycles. The molecule has 0 spiro atoms. The summed E-state index contributed by atoms with van der Waals surface area (Å²) in [6.45, 7) is 0. The number of aromatic nitrogens is 1. The molecule has 0 saturated heterocycles. The molecule has 6 nitrogen and oxygen atoms in total. The molecule has 8 heteroatoms. The van der Waals surface area contributed by atoms with Gasteiger partial charge in [0.1, 0.15) is 17.5 Å². The van der Waals surface area contributed by atoms with Crippen molar-refractivity contribution in [3.8, 4) is 11.5 Å². The van der Waals surface area contributed by atoms with E-state index in [1.165, 1.54) is 38.6 Å². The van der Waals surface area contributed by atoms with Crippen molar-refractivity contribution in [2.24, 2.45) is 0 Å². The molecule has 2 N–H and O–H groups in total. The SMILES string of the molecule is COc1ccc(NC(=O)c2ccc(Nc3ccc(F)cc3F)nc2)cc1OC. The maximum atomic E-state index is 13.7. The average Bonchev–Trinajstić information content (AvgIpc) is 2.70. The van der Waals surface area contributed by atoms with Crippen LogP contribution in [0, 0.1) is 11.6 Å². The van der Waals surface area contributed by atoms with Crippen molar-refractivity contribution in [3.63, 3.8) is 0 Å². The van der Waals surface area contributed by atoms with Crippen molar-refractivity contribution in [1.29, 1.82) is 0 Å². The Morgan fingerprint density at radius 2 is 1.75 bits per heavy atom. The van der Waals surface area contributed by atoms with Gasteiger partial charge in [0.05, 0.1) is 25.5 Å². The number of carbonyl (C=O) groups excluding carboxylic acids is 1. The fourth-order valence-corrected chi connectivity index (χ4v) is 2.45. The van der Waals surface area contributed by atoms with Crippen LogP contribution in [-0.4, -0.2) is 25.1 Å². The van der Waals surface area contributed by atoms with Crippen LogP contribution in [-0.2, 0) is 0 Å². The van der Waals surface area contributed by atoms with E-state index in [1.807, 2.05) is 0 Å². The summed E-state index contributed by atoms with van der Waals surface area (Å²) < 4.78 is 37.0. The van der Waals surface area contributed by atoms with Crippen LogP contribution in [0.4, 0.5) is 26.0 Å². The maximum absolute atomic E-state index is 13.7. The summed E-state index contributed by atoms with van der Waals surface area (Å²) in [5.41, 5.74) is 0.912. The minimum absolute atomic E-state index is 0.0800. The predicted molar refractivity (Wildman–Crippen MR) is 101 cm³/mol. The largest absolute Gasteiger partial charge is 0.493 e. The quantitative estimate of drug-likeness (QED) is 0.659. The summed E-state index contributed by atoms with van der Waals surface area (Å²) in [5.74, 6) is -0.437. The lowest BCUT2D eigenvalue weighted by molar-refractivity contribution is 0.102. The molecule has 1 heterocycles. The molecule has 0 aliphatic carbocycles. The van der Waals surface area contributed by atoms with Crippen LogP contribution in [0.3, 0.4) is 0 Å². The van der Waals surface area contributed by atoms with Crippen LogP contribution in [0.15, 0.2) is 54.7 Å². The number of carbonyl (C=O) groups is 1. The zero-order chi connectivity index (χ0) is 20.1. The van der Waals surface area contributed by atoms with Crippen molar-refractivity contribution in [3.05, 3.63) is 71.9 Å². The minimum atomic E-state index is -0.739. The van der Waals surface area contributed by atoms with Gasteiger partial charge in [-0.2, -0.15) is 0 Å². The molecule has 0 saturated carbocycles. The summed E-state index contributed by atoms with van der Waals surface area (Å²) in [5, 5.41) is 5.46. The zero-order valence-corrected chi connectivity index (χ0v) is 15.1. The first-order valence-corrected chi connectivity index (χ1v) is 8.21. The predicted octanol–water partition coefficient (Wildman–Crippen LogP) is 4.37. The number of nitrogens with zero attached hydrogens (tertiary/aromatic N) is 1. The Morgan fingerprint density at radius 1 is 0.964 bits per heavy atom. The molecular formula is C20H17F2N3O3. The first-order valence-electron chi connectivity index (χ1n) is 8.21. The highest BCUT2D eigenvalue weighted by atomic mass is 19.1. The van der Waals surface area contributed by atoms with Gasteiger partial charge < -0.3 is 20.1 Å². The topological polar surface area (TPSA) is 72.5 Å². The summed E-state index contributed by atoms with van der Waals surface area (Å²) in [6.07, 6.45) is 1.35. The van der Waals surface area contributed by atoms with Gasteiger partial charge in [0.15, 0.2) is 11.5 Å². The normalized spacial score (nSPS) is 10.3. The molecule has 0 radical (unpaired) electrons. The van der Waals surface area contributed by atoms with E-state index < -0.39 is 11.6 Å². The highest BCUT2D eigenvalue weighted by molar-refractivity contribution is 6.04. The molecule has 0 atom stereocenters. The van der Waals surface area contributed by atoms with Crippen LogP contribution < -0.4 is 20.1 Å². The molecule has 28 heavy (non-hydrogen) atoms. The van der Waals surface area contributed by atoms with Crippen molar-refractivity contribution in [1.82, 2.24) is 4.98 Å². The molecule has 1 amide bonds. The Kier molecular flexibility index (Phi) is 5.69. The van der Waals surface area contributed by atoms with E-state index in [1.54, 1.807) is 18.2 Å². The lowest BCUT2D eigenvalue weighted by Crippen LogP contribution is -2.12. The highest BCUT2D eigenvalue weighted by Gasteiger charge is 2.11. The summed E-state index contributed by atoms with van der Waals surface area (Å²) in [7, 11) is 3.03. The van der Waals surface area contributed by atoms with Gasteiger partial charge in [-0.05, 0) is 36.4 Å². The lowest BCUT2D eigenvalue weighted by atomic mass is 10.2. The van der Waals surface area contributed by atoms with Crippen molar-refractivity contribution >= 4 is 23.1 Å². The zero-order valence-electron chi connectivity index (χ0n) is 15.1. The van der Waals surface area contributed by atoms with Crippen LogP contribution in [0.5, 0.6) is 11.5 Å². The van der Waals surface area contributed by atoms with E-state index in [0.717, 1.165) is 12.1 Å². The number of halogens is 2. The number of nitrogens with one attached hydrogen (secondary N) is 2. The Balaban J connectivity index is 1.70. The summed E-state index contributed by atoms with van der Waals surface area (Å²) in [4.78, 5) is 16.5. The van der Waals surface area contributed by atoms with Gasteiger partial charge in [0.2, 0.25) is 0 Å². The second-order valence-electron chi connectivity index (χ2n) is 5.71. The number of methoxy groups -OCH3 is 2. The van der Waals surface area contributed by atoms with Crippen molar-refractivity contribution < 1.29 is 23.0 Å². The number of rotatable bonds is 6. The molecule has 0 unspecified atom stereocenters. The van der Waals surface area contributed by atoms with Gasteiger partial charge in [0, 0.05) is 24.0 Å². The van der Waals surface area contributed by atoms with Crippen LogP contribution in [0.2, 0.25) is 0 Å². The fourth-order valence-electron chi connectivity index (χ4n) is 2.45. The number of hydrogen-bond acceptors (Lipinski definition) is 5. The average molecular weight is 385 g/mol. The van der Waals surface area contributed by atoms with Gasteiger partial charge in [-0.25, -0.2) is 13.8 Å². The molecule has 0 fully saturated rings. The number of benzene rings is 2. The number of anilines is 3. The molecule has 1 aromatic heterocycles. The number of hydrogen-bond donors (Lipinski definition) is 2. The lowest BCUT2D eigenvalue weighted by Gasteiger charge is -2.11. The summed E-state index contributed by atoms with van der Waals surface area (Å²) >= 11 is 0. The van der Waals surface area contributed by atoms with Crippen LogP contribution in [0.25, 0.3) is 0 Å². The van der Waals surface area contributed by atoms with E-state index in [4.69, 9.17) is 9.47 Å².